The summed E-state index contributed by atoms with van der Waals surface area (Å²) in [5.41, 5.74) is 2.41. The van der Waals surface area contributed by atoms with Gasteiger partial charge in [-0.25, -0.2) is 0 Å². The summed E-state index contributed by atoms with van der Waals surface area (Å²) >= 11 is 0. The summed E-state index contributed by atoms with van der Waals surface area (Å²) in [6.07, 6.45) is 0.266. The number of rotatable bonds is 6. The van der Waals surface area contributed by atoms with Crippen LogP contribution >= 0.6 is 0 Å². The molecule has 0 radical (unpaired) electrons. The smallest absolute Gasteiger partial charge is 0.165 e. The molecule has 3 aromatic carbocycles. The molecule has 0 spiro atoms. The summed E-state index contributed by atoms with van der Waals surface area (Å²) in [7, 11) is 1.63. The summed E-state index contributed by atoms with van der Waals surface area (Å²) in [6, 6.07) is 26.3. The van der Waals surface area contributed by atoms with Crippen molar-refractivity contribution in [2.75, 3.05) is 12.4 Å². The monoisotopic (exact) mass is 355 g/mol. The van der Waals surface area contributed by atoms with Crippen LogP contribution in [0.1, 0.15) is 22.3 Å². The fourth-order valence-electron chi connectivity index (χ4n) is 2.71. The number of hydrogen-bond acceptors (Lipinski definition) is 3. The molecule has 3 heteroatoms. The number of carbonyl (C=O) groups is 1. The molecule has 3 nitrogen and oxygen atoms in total. The molecule has 1 atom stereocenters. The maximum atomic E-state index is 12.7. The van der Waals surface area contributed by atoms with Crippen LogP contribution in [0.3, 0.4) is 0 Å². The Kier molecular flexibility index (Phi) is 6.27. The lowest BCUT2D eigenvalue weighted by Crippen LogP contribution is -2.22. The fourth-order valence-corrected chi connectivity index (χ4v) is 2.71. The van der Waals surface area contributed by atoms with Gasteiger partial charge in [0.05, 0.1) is 18.8 Å². The third-order valence-corrected chi connectivity index (χ3v) is 4.09. The van der Waals surface area contributed by atoms with Gasteiger partial charge in [0.25, 0.3) is 0 Å². The number of nitrogens with one attached hydrogen (secondary N) is 1. The van der Waals surface area contributed by atoms with Crippen LogP contribution in [0.5, 0.6) is 5.75 Å². The number of anilines is 1. The van der Waals surface area contributed by atoms with Crippen LogP contribution in [0.25, 0.3) is 0 Å². The molecule has 0 unspecified atom stereocenters. The lowest BCUT2D eigenvalue weighted by atomic mass is 10.0. The van der Waals surface area contributed by atoms with E-state index in [1.165, 1.54) is 0 Å². The number of ketones is 1. The third-order valence-electron chi connectivity index (χ3n) is 4.09. The van der Waals surface area contributed by atoms with E-state index in [2.05, 4.69) is 17.2 Å². The second-order valence-electron chi connectivity index (χ2n) is 6.03. The summed E-state index contributed by atoms with van der Waals surface area (Å²) < 4.78 is 5.40. The first kappa shape index (κ1) is 18.3. The summed E-state index contributed by atoms with van der Waals surface area (Å²) in [5, 5.41) is 3.35. The highest BCUT2D eigenvalue weighted by Gasteiger charge is 2.15. The SMILES string of the molecule is COc1ccccc1N[C@@H](C#Cc1ccccc1)CC(=O)c1ccccc1. The van der Waals surface area contributed by atoms with Crippen LogP contribution in [0.15, 0.2) is 84.9 Å². The Bertz CT molecular complexity index is 940. The van der Waals surface area contributed by atoms with E-state index >= 15 is 0 Å². The molecule has 0 aliphatic carbocycles. The molecule has 0 heterocycles. The van der Waals surface area contributed by atoms with Crippen LogP contribution in [-0.2, 0) is 0 Å². The Balaban J connectivity index is 1.84. The van der Waals surface area contributed by atoms with Crippen molar-refractivity contribution in [3.05, 3.63) is 96.1 Å². The largest absolute Gasteiger partial charge is 0.495 e. The van der Waals surface area contributed by atoms with Crippen molar-refractivity contribution >= 4 is 11.5 Å². The molecular formula is C24H21NO2. The molecular weight excluding hydrogens is 334 g/mol. The first-order valence-corrected chi connectivity index (χ1v) is 8.80. The van der Waals surface area contributed by atoms with Crippen LogP contribution in [0.2, 0.25) is 0 Å². The molecule has 134 valence electrons. The maximum Gasteiger partial charge on any atom is 0.165 e. The van der Waals surface area contributed by atoms with Gasteiger partial charge >= 0.3 is 0 Å². The molecule has 3 aromatic rings. The van der Waals surface area contributed by atoms with Crippen molar-refractivity contribution in [2.45, 2.75) is 12.5 Å². The van der Waals surface area contributed by atoms with Crippen molar-refractivity contribution in [3.63, 3.8) is 0 Å². The number of carbonyl (C=O) groups excluding carboxylic acids is 1. The molecule has 0 amide bonds. The van der Waals surface area contributed by atoms with Crippen molar-refractivity contribution in [3.8, 4) is 17.6 Å². The van der Waals surface area contributed by atoms with E-state index in [1.807, 2.05) is 84.9 Å². The Morgan fingerprint density at radius 3 is 2.26 bits per heavy atom. The van der Waals surface area contributed by atoms with Gasteiger partial charge in [0, 0.05) is 17.5 Å². The topological polar surface area (TPSA) is 38.3 Å². The quantitative estimate of drug-likeness (QED) is 0.510. The number of para-hydroxylation sites is 2. The average molecular weight is 355 g/mol. The number of benzene rings is 3. The van der Waals surface area contributed by atoms with E-state index < -0.39 is 0 Å². The Labute approximate surface area is 160 Å². The Morgan fingerprint density at radius 1 is 0.926 bits per heavy atom. The average Bonchev–Trinajstić information content (AvgIpc) is 2.73. The molecule has 0 saturated carbocycles. The van der Waals surface area contributed by atoms with Crippen LogP contribution in [0.4, 0.5) is 5.69 Å². The highest BCUT2D eigenvalue weighted by Crippen LogP contribution is 2.24. The van der Waals surface area contributed by atoms with Gasteiger partial charge in [-0.2, -0.15) is 0 Å². The molecule has 0 saturated heterocycles. The third kappa shape index (κ3) is 5.23. The summed E-state index contributed by atoms with van der Waals surface area (Å²) in [6.45, 7) is 0. The van der Waals surface area contributed by atoms with E-state index in [-0.39, 0.29) is 18.2 Å². The molecule has 0 fully saturated rings. The minimum atomic E-state index is -0.339. The molecule has 0 aliphatic heterocycles. The van der Waals surface area contributed by atoms with Gasteiger partial charge in [0.2, 0.25) is 0 Å². The van der Waals surface area contributed by atoms with E-state index in [9.17, 15) is 4.79 Å². The highest BCUT2D eigenvalue weighted by molar-refractivity contribution is 5.96. The Morgan fingerprint density at radius 2 is 1.56 bits per heavy atom. The molecule has 0 aromatic heterocycles. The minimum Gasteiger partial charge on any atom is -0.495 e. The molecule has 0 bridgehead atoms. The molecule has 3 rings (SSSR count). The van der Waals surface area contributed by atoms with Crippen molar-refractivity contribution in [2.24, 2.45) is 0 Å². The first-order valence-electron chi connectivity index (χ1n) is 8.80. The lowest BCUT2D eigenvalue weighted by molar-refractivity contribution is 0.0981. The summed E-state index contributed by atoms with van der Waals surface area (Å²) in [4.78, 5) is 12.7. The highest BCUT2D eigenvalue weighted by atomic mass is 16.5. The van der Waals surface area contributed by atoms with E-state index in [4.69, 9.17) is 4.74 Å². The summed E-state index contributed by atoms with van der Waals surface area (Å²) in [5.74, 6) is 7.12. The fraction of sp³-hybridized carbons (Fsp3) is 0.125. The number of ether oxygens (including phenoxy) is 1. The lowest BCUT2D eigenvalue weighted by Gasteiger charge is -2.16. The van der Waals surface area contributed by atoms with Gasteiger partial charge in [0.15, 0.2) is 5.78 Å². The van der Waals surface area contributed by atoms with Crippen LogP contribution in [0, 0.1) is 11.8 Å². The van der Waals surface area contributed by atoms with Crippen molar-refractivity contribution < 1.29 is 9.53 Å². The zero-order valence-corrected chi connectivity index (χ0v) is 15.2. The predicted molar refractivity (Wildman–Crippen MR) is 109 cm³/mol. The number of Topliss-reactive ketones (excluding diaryl/α,β-unsaturated/α-hetero) is 1. The van der Waals surface area contributed by atoms with Crippen molar-refractivity contribution in [1.29, 1.82) is 0 Å². The predicted octanol–water partition coefficient (Wildman–Crippen LogP) is 4.80. The van der Waals surface area contributed by atoms with Gasteiger partial charge in [-0.05, 0) is 24.3 Å². The van der Waals surface area contributed by atoms with E-state index in [1.54, 1.807) is 7.11 Å². The minimum absolute atomic E-state index is 0.0466. The normalized spacial score (nSPS) is 11.0. The zero-order chi connectivity index (χ0) is 18.9. The Hall–Kier alpha value is -3.51. The zero-order valence-electron chi connectivity index (χ0n) is 15.2. The maximum absolute atomic E-state index is 12.7. The number of methoxy groups -OCH3 is 1. The van der Waals surface area contributed by atoms with Gasteiger partial charge in [-0.3, -0.25) is 4.79 Å². The van der Waals surface area contributed by atoms with E-state index in [0.29, 0.717) is 5.56 Å². The second-order valence-corrected chi connectivity index (χ2v) is 6.03. The standard InChI is InChI=1S/C24H21NO2/c1-27-24-15-9-8-14-22(24)25-21(17-16-19-10-4-2-5-11-19)18-23(26)20-12-6-3-7-13-20/h2-15,21,25H,18H2,1H3/t21-/m0/s1. The van der Waals surface area contributed by atoms with Gasteiger partial charge < -0.3 is 10.1 Å². The number of hydrogen-bond donors (Lipinski definition) is 1. The van der Waals surface area contributed by atoms with Gasteiger partial charge in [-0.1, -0.05) is 72.5 Å². The van der Waals surface area contributed by atoms with E-state index in [0.717, 1.165) is 17.0 Å². The van der Waals surface area contributed by atoms with Crippen molar-refractivity contribution in [1.82, 2.24) is 0 Å². The van der Waals surface area contributed by atoms with Crippen LogP contribution < -0.4 is 10.1 Å². The molecule has 27 heavy (non-hydrogen) atoms. The first-order chi connectivity index (χ1) is 13.3. The van der Waals surface area contributed by atoms with Crippen LogP contribution in [-0.4, -0.2) is 18.9 Å². The molecule has 0 aliphatic rings. The van der Waals surface area contributed by atoms with Gasteiger partial charge in [0.1, 0.15) is 5.75 Å². The van der Waals surface area contributed by atoms with Gasteiger partial charge in [-0.15, -0.1) is 0 Å². The second kappa shape index (κ2) is 9.26. The molecule has 1 N–H and O–H groups in total.